The van der Waals surface area contributed by atoms with Crippen molar-refractivity contribution in [3.63, 3.8) is 0 Å². The first-order valence-corrected chi connectivity index (χ1v) is 8.61. The van der Waals surface area contributed by atoms with Crippen molar-refractivity contribution in [2.75, 3.05) is 20.3 Å². The third kappa shape index (κ3) is 2.74. The highest BCUT2D eigenvalue weighted by atomic mass is 79.9. The normalized spacial score (nSPS) is 15.2. The van der Waals surface area contributed by atoms with Gasteiger partial charge < -0.3 is 14.8 Å². The van der Waals surface area contributed by atoms with Crippen LogP contribution < -0.4 is 14.8 Å². The Kier molecular flexibility index (Phi) is 4.35. The number of rotatable bonds is 3. The summed E-state index contributed by atoms with van der Waals surface area (Å²) < 4.78 is 13.4. The number of benzene rings is 1. The Morgan fingerprint density at radius 1 is 1.15 bits per heavy atom. The third-order valence-corrected chi connectivity index (χ3v) is 6.46. The summed E-state index contributed by atoms with van der Waals surface area (Å²) in [6, 6.07) is 8.38. The average molecular weight is 419 g/mol. The summed E-state index contributed by atoms with van der Waals surface area (Å²) in [6.07, 6.45) is 0. The number of hydrogen-bond acceptors (Lipinski definition) is 4. The van der Waals surface area contributed by atoms with Gasteiger partial charge in [-0.15, -0.1) is 11.3 Å². The molecular formula is C14H13Br2NO2S. The highest BCUT2D eigenvalue weighted by Gasteiger charge is 2.19. The lowest BCUT2D eigenvalue weighted by molar-refractivity contribution is 0.171. The molecule has 2 heterocycles. The predicted molar refractivity (Wildman–Crippen MR) is 88.1 cm³/mol. The minimum absolute atomic E-state index is 0.137. The van der Waals surface area contributed by atoms with Crippen molar-refractivity contribution in [1.82, 2.24) is 5.32 Å². The van der Waals surface area contributed by atoms with Gasteiger partial charge in [0.15, 0.2) is 11.5 Å². The topological polar surface area (TPSA) is 30.5 Å². The molecule has 2 aromatic rings. The Bertz CT molecular complexity index is 610. The van der Waals surface area contributed by atoms with Crippen LogP contribution in [-0.4, -0.2) is 20.3 Å². The van der Waals surface area contributed by atoms with Crippen LogP contribution in [0.1, 0.15) is 16.5 Å². The van der Waals surface area contributed by atoms with Crippen LogP contribution in [0.2, 0.25) is 0 Å². The van der Waals surface area contributed by atoms with Crippen LogP contribution in [0.3, 0.4) is 0 Å². The Balaban J connectivity index is 1.96. The first-order chi connectivity index (χ1) is 9.69. The fourth-order valence-electron chi connectivity index (χ4n) is 2.22. The van der Waals surface area contributed by atoms with Gasteiger partial charge in [-0.25, -0.2) is 0 Å². The molecule has 1 aliphatic rings. The fourth-order valence-corrected chi connectivity index (χ4v) is 4.45. The average Bonchev–Trinajstić information content (AvgIpc) is 2.79. The molecule has 0 saturated heterocycles. The molecule has 3 rings (SSSR count). The second kappa shape index (κ2) is 6.05. The van der Waals surface area contributed by atoms with Crippen molar-refractivity contribution >= 4 is 43.2 Å². The van der Waals surface area contributed by atoms with Crippen LogP contribution in [0.15, 0.2) is 32.5 Å². The van der Waals surface area contributed by atoms with E-state index in [1.165, 1.54) is 4.88 Å². The highest BCUT2D eigenvalue weighted by molar-refractivity contribution is 9.13. The molecule has 0 bridgehead atoms. The van der Waals surface area contributed by atoms with Gasteiger partial charge in [0.1, 0.15) is 13.2 Å². The molecule has 1 N–H and O–H groups in total. The van der Waals surface area contributed by atoms with E-state index in [1.807, 2.05) is 13.1 Å². The van der Waals surface area contributed by atoms with Crippen molar-refractivity contribution in [3.8, 4) is 11.5 Å². The predicted octanol–water partition coefficient (Wildman–Crippen LogP) is 4.35. The lowest BCUT2D eigenvalue weighted by Gasteiger charge is -2.21. The van der Waals surface area contributed by atoms with Gasteiger partial charge in [-0.05, 0) is 62.7 Å². The maximum atomic E-state index is 5.66. The van der Waals surface area contributed by atoms with E-state index in [4.69, 9.17) is 9.47 Å². The van der Waals surface area contributed by atoms with Crippen molar-refractivity contribution in [3.05, 3.63) is 43.0 Å². The lowest BCUT2D eigenvalue weighted by atomic mass is 10.0. The van der Waals surface area contributed by atoms with Crippen LogP contribution in [0.5, 0.6) is 11.5 Å². The van der Waals surface area contributed by atoms with Crippen LogP contribution in [-0.2, 0) is 0 Å². The molecule has 0 aliphatic carbocycles. The first kappa shape index (κ1) is 14.4. The summed E-state index contributed by atoms with van der Waals surface area (Å²) in [7, 11) is 1.96. The summed E-state index contributed by atoms with van der Waals surface area (Å²) in [5.41, 5.74) is 1.16. The van der Waals surface area contributed by atoms with Gasteiger partial charge in [0.05, 0.1) is 9.83 Å². The summed E-state index contributed by atoms with van der Waals surface area (Å²) in [4.78, 5) is 1.24. The van der Waals surface area contributed by atoms with Gasteiger partial charge in [0.25, 0.3) is 0 Å². The standard InChI is InChI=1S/C14H13Br2NO2S/c1-17-13(12-7-9(15)14(16)20-12)8-2-3-10-11(6-8)19-5-4-18-10/h2-3,6-7,13,17H,4-5H2,1H3. The minimum Gasteiger partial charge on any atom is -0.486 e. The molecule has 0 fully saturated rings. The molecule has 3 nitrogen and oxygen atoms in total. The molecule has 0 amide bonds. The Labute approximate surface area is 138 Å². The van der Waals surface area contributed by atoms with E-state index in [0.717, 1.165) is 25.3 Å². The molecular weight excluding hydrogens is 406 g/mol. The van der Waals surface area contributed by atoms with Crippen LogP contribution >= 0.6 is 43.2 Å². The zero-order valence-electron chi connectivity index (χ0n) is 10.8. The van der Waals surface area contributed by atoms with Gasteiger partial charge in [-0.3, -0.25) is 0 Å². The minimum atomic E-state index is 0.137. The number of ether oxygens (including phenoxy) is 2. The van der Waals surface area contributed by atoms with E-state index in [1.54, 1.807) is 11.3 Å². The SMILES string of the molecule is CNC(c1ccc2c(c1)OCCO2)c1cc(Br)c(Br)s1. The van der Waals surface area contributed by atoms with Gasteiger partial charge in [0.2, 0.25) is 0 Å². The van der Waals surface area contributed by atoms with Gasteiger partial charge >= 0.3 is 0 Å². The number of halogens is 2. The van der Waals surface area contributed by atoms with Crippen LogP contribution in [0, 0.1) is 0 Å². The van der Waals surface area contributed by atoms with E-state index in [9.17, 15) is 0 Å². The molecule has 6 heteroatoms. The third-order valence-electron chi connectivity index (χ3n) is 3.14. The highest BCUT2D eigenvalue weighted by Crippen LogP contribution is 2.39. The Hall–Kier alpha value is -0.560. The lowest BCUT2D eigenvalue weighted by Crippen LogP contribution is -2.18. The molecule has 1 atom stereocenters. The maximum Gasteiger partial charge on any atom is 0.161 e. The largest absolute Gasteiger partial charge is 0.486 e. The smallest absolute Gasteiger partial charge is 0.161 e. The quantitative estimate of drug-likeness (QED) is 0.803. The van der Waals surface area contributed by atoms with E-state index in [0.29, 0.717) is 13.2 Å². The summed E-state index contributed by atoms with van der Waals surface area (Å²) in [6.45, 7) is 1.23. The van der Waals surface area contributed by atoms with Crippen LogP contribution in [0.25, 0.3) is 0 Å². The molecule has 20 heavy (non-hydrogen) atoms. The summed E-state index contributed by atoms with van der Waals surface area (Å²) >= 11 is 8.80. The monoisotopic (exact) mass is 417 g/mol. The maximum absolute atomic E-state index is 5.66. The molecule has 1 aromatic heterocycles. The van der Waals surface area contributed by atoms with Crippen molar-refractivity contribution in [2.24, 2.45) is 0 Å². The molecule has 1 aliphatic heterocycles. The molecule has 0 saturated carbocycles. The van der Waals surface area contributed by atoms with E-state index in [-0.39, 0.29) is 6.04 Å². The second-order valence-corrected chi connectivity index (χ2v) is 7.65. The second-order valence-electron chi connectivity index (χ2n) is 4.40. The number of thiophene rings is 1. The van der Waals surface area contributed by atoms with Crippen molar-refractivity contribution < 1.29 is 9.47 Å². The van der Waals surface area contributed by atoms with Gasteiger partial charge in [-0.2, -0.15) is 0 Å². The molecule has 1 aromatic carbocycles. The van der Waals surface area contributed by atoms with E-state index in [2.05, 4.69) is 55.4 Å². The molecule has 0 radical (unpaired) electrons. The van der Waals surface area contributed by atoms with Crippen molar-refractivity contribution in [1.29, 1.82) is 0 Å². The summed E-state index contributed by atoms with van der Waals surface area (Å²) in [5.74, 6) is 1.65. The Morgan fingerprint density at radius 3 is 2.55 bits per heavy atom. The van der Waals surface area contributed by atoms with Crippen molar-refractivity contribution in [2.45, 2.75) is 6.04 Å². The Morgan fingerprint density at radius 2 is 1.90 bits per heavy atom. The number of hydrogen-bond donors (Lipinski definition) is 1. The zero-order valence-corrected chi connectivity index (χ0v) is 14.8. The molecule has 0 spiro atoms. The van der Waals surface area contributed by atoms with Gasteiger partial charge in [0, 0.05) is 9.35 Å². The fraction of sp³-hybridized carbons (Fsp3) is 0.286. The van der Waals surface area contributed by atoms with Crippen LogP contribution in [0.4, 0.5) is 0 Å². The number of nitrogens with one attached hydrogen (secondary N) is 1. The number of fused-ring (bicyclic) bond motifs is 1. The van der Waals surface area contributed by atoms with Gasteiger partial charge in [-0.1, -0.05) is 6.07 Å². The summed E-state index contributed by atoms with van der Waals surface area (Å²) in [5, 5.41) is 3.35. The van der Waals surface area contributed by atoms with E-state index < -0.39 is 0 Å². The zero-order chi connectivity index (χ0) is 14.1. The first-order valence-electron chi connectivity index (χ1n) is 6.20. The molecule has 1 unspecified atom stereocenters. The molecule has 106 valence electrons. The van der Waals surface area contributed by atoms with E-state index >= 15 is 0 Å².